The van der Waals surface area contributed by atoms with E-state index in [1.54, 1.807) is 26.1 Å². The van der Waals surface area contributed by atoms with Gasteiger partial charge in [0.2, 0.25) is 0 Å². The van der Waals surface area contributed by atoms with Crippen molar-refractivity contribution in [3.8, 4) is 0 Å². The molecule has 4 nitrogen and oxygen atoms in total. The summed E-state index contributed by atoms with van der Waals surface area (Å²) in [6, 6.07) is 5.54. The van der Waals surface area contributed by atoms with Crippen LogP contribution in [0.1, 0.15) is 6.92 Å². The lowest BCUT2D eigenvalue weighted by Gasteiger charge is -2.19. The summed E-state index contributed by atoms with van der Waals surface area (Å²) in [5.74, 6) is -0.454. The second kappa shape index (κ2) is 5.46. The third-order valence-corrected chi connectivity index (χ3v) is 2.02. The molecule has 16 heavy (non-hydrogen) atoms. The molecule has 1 unspecified atom stereocenters. The molecule has 1 aromatic carbocycles. The van der Waals surface area contributed by atoms with Gasteiger partial charge in [0.1, 0.15) is 5.82 Å². The normalized spacial score (nSPS) is 12.0. The number of anilines is 1. The number of benzene rings is 1. The topological polar surface area (TPSA) is 58.4 Å². The molecule has 1 rings (SSSR count). The molecule has 1 atom stereocenters. The van der Waals surface area contributed by atoms with Gasteiger partial charge in [-0.25, -0.2) is 9.18 Å². The number of nitrogens with zero attached hydrogens (tertiary/aromatic N) is 1. The van der Waals surface area contributed by atoms with Crippen molar-refractivity contribution in [2.45, 2.75) is 13.0 Å². The SMILES string of the molecule is CC(N)CN(C)C(=O)Nc1ccccc1F. The molecule has 3 N–H and O–H groups in total. The van der Waals surface area contributed by atoms with Crippen LogP contribution in [0.5, 0.6) is 0 Å². The predicted molar refractivity (Wildman–Crippen MR) is 61.7 cm³/mol. The number of nitrogens with one attached hydrogen (secondary N) is 1. The Morgan fingerprint density at radius 2 is 2.19 bits per heavy atom. The summed E-state index contributed by atoms with van der Waals surface area (Å²) >= 11 is 0. The zero-order valence-electron chi connectivity index (χ0n) is 9.40. The van der Waals surface area contributed by atoms with E-state index in [1.807, 2.05) is 0 Å². The number of urea groups is 1. The number of hydrogen-bond donors (Lipinski definition) is 2. The minimum atomic E-state index is -0.454. The average Bonchev–Trinajstić information content (AvgIpc) is 2.20. The highest BCUT2D eigenvalue weighted by Gasteiger charge is 2.11. The number of halogens is 1. The molecule has 0 aliphatic rings. The first-order valence-corrected chi connectivity index (χ1v) is 5.03. The molecule has 0 spiro atoms. The van der Waals surface area contributed by atoms with Crippen LogP contribution in [0, 0.1) is 5.82 Å². The Morgan fingerprint density at radius 1 is 1.56 bits per heavy atom. The van der Waals surface area contributed by atoms with Gasteiger partial charge in [-0.2, -0.15) is 0 Å². The van der Waals surface area contributed by atoms with E-state index in [9.17, 15) is 9.18 Å². The molecule has 2 amide bonds. The van der Waals surface area contributed by atoms with Crippen molar-refractivity contribution >= 4 is 11.7 Å². The third-order valence-electron chi connectivity index (χ3n) is 2.02. The highest BCUT2D eigenvalue weighted by molar-refractivity contribution is 5.89. The van der Waals surface area contributed by atoms with Crippen molar-refractivity contribution in [3.63, 3.8) is 0 Å². The van der Waals surface area contributed by atoms with Gasteiger partial charge >= 0.3 is 6.03 Å². The van der Waals surface area contributed by atoms with Crippen LogP contribution in [0.25, 0.3) is 0 Å². The Bertz CT molecular complexity index is 368. The highest BCUT2D eigenvalue weighted by atomic mass is 19.1. The second-order valence-corrected chi connectivity index (χ2v) is 3.77. The molecule has 0 bridgehead atoms. The minimum Gasteiger partial charge on any atom is -0.326 e. The van der Waals surface area contributed by atoms with Crippen molar-refractivity contribution < 1.29 is 9.18 Å². The number of likely N-dealkylation sites (N-methyl/N-ethyl adjacent to an activating group) is 1. The number of para-hydroxylation sites is 1. The van der Waals surface area contributed by atoms with Crippen LogP contribution in [-0.2, 0) is 0 Å². The summed E-state index contributed by atoms with van der Waals surface area (Å²) in [6.45, 7) is 2.22. The Morgan fingerprint density at radius 3 is 2.75 bits per heavy atom. The molecular formula is C11H16FN3O. The van der Waals surface area contributed by atoms with Gasteiger partial charge in [0.25, 0.3) is 0 Å². The van der Waals surface area contributed by atoms with E-state index in [-0.39, 0.29) is 17.8 Å². The van der Waals surface area contributed by atoms with Gasteiger partial charge < -0.3 is 16.0 Å². The number of carbonyl (C=O) groups is 1. The van der Waals surface area contributed by atoms with Crippen LogP contribution in [0.15, 0.2) is 24.3 Å². The fourth-order valence-electron chi connectivity index (χ4n) is 1.29. The van der Waals surface area contributed by atoms with E-state index < -0.39 is 5.82 Å². The summed E-state index contributed by atoms with van der Waals surface area (Å²) in [5, 5.41) is 2.47. The smallest absolute Gasteiger partial charge is 0.321 e. The number of nitrogens with two attached hydrogens (primary N) is 1. The number of amides is 2. The number of carbonyl (C=O) groups excluding carboxylic acids is 1. The van der Waals surface area contributed by atoms with Crippen LogP contribution in [-0.4, -0.2) is 30.6 Å². The van der Waals surface area contributed by atoms with Gasteiger partial charge in [0.15, 0.2) is 0 Å². The first kappa shape index (κ1) is 12.4. The molecule has 1 aromatic rings. The molecule has 88 valence electrons. The summed E-state index contributed by atoms with van der Waals surface area (Å²) in [5.41, 5.74) is 5.73. The largest absolute Gasteiger partial charge is 0.326 e. The van der Waals surface area contributed by atoms with Crippen LogP contribution < -0.4 is 11.1 Å². The lowest BCUT2D eigenvalue weighted by Crippen LogP contribution is -2.39. The van der Waals surface area contributed by atoms with Gasteiger partial charge in [-0.3, -0.25) is 0 Å². The zero-order chi connectivity index (χ0) is 12.1. The van der Waals surface area contributed by atoms with Gasteiger partial charge in [-0.1, -0.05) is 12.1 Å². The molecule has 0 saturated heterocycles. The van der Waals surface area contributed by atoms with E-state index in [0.717, 1.165) is 0 Å². The van der Waals surface area contributed by atoms with Gasteiger partial charge in [-0.05, 0) is 19.1 Å². The van der Waals surface area contributed by atoms with Crippen molar-refractivity contribution in [2.75, 3.05) is 18.9 Å². The van der Waals surface area contributed by atoms with Crippen LogP contribution in [0.4, 0.5) is 14.9 Å². The van der Waals surface area contributed by atoms with Gasteiger partial charge in [-0.15, -0.1) is 0 Å². The Kier molecular flexibility index (Phi) is 4.25. The molecule has 0 fully saturated rings. The molecule has 0 aliphatic carbocycles. The van der Waals surface area contributed by atoms with E-state index in [0.29, 0.717) is 6.54 Å². The standard InChI is InChI=1S/C11H16FN3O/c1-8(13)7-15(2)11(16)14-10-6-4-3-5-9(10)12/h3-6,8H,7,13H2,1-2H3,(H,14,16). The monoisotopic (exact) mass is 225 g/mol. The van der Waals surface area contributed by atoms with E-state index in [2.05, 4.69) is 5.32 Å². The van der Waals surface area contributed by atoms with Crippen LogP contribution >= 0.6 is 0 Å². The van der Waals surface area contributed by atoms with E-state index in [1.165, 1.54) is 17.0 Å². The molecule has 0 radical (unpaired) electrons. The minimum absolute atomic E-state index is 0.114. The highest BCUT2D eigenvalue weighted by Crippen LogP contribution is 2.12. The lowest BCUT2D eigenvalue weighted by molar-refractivity contribution is 0.220. The van der Waals surface area contributed by atoms with E-state index >= 15 is 0 Å². The van der Waals surface area contributed by atoms with Crippen molar-refractivity contribution in [2.24, 2.45) is 5.73 Å². The maximum atomic E-state index is 13.2. The Hall–Kier alpha value is -1.62. The number of rotatable bonds is 3. The predicted octanol–water partition coefficient (Wildman–Crippen LogP) is 1.64. The van der Waals surface area contributed by atoms with Crippen molar-refractivity contribution in [1.29, 1.82) is 0 Å². The molecule has 5 heteroatoms. The lowest BCUT2D eigenvalue weighted by atomic mass is 10.3. The van der Waals surface area contributed by atoms with Crippen LogP contribution in [0.2, 0.25) is 0 Å². The quantitative estimate of drug-likeness (QED) is 0.821. The third kappa shape index (κ3) is 3.51. The maximum Gasteiger partial charge on any atom is 0.321 e. The molecule has 0 saturated carbocycles. The summed E-state index contributed by atoms with van der Waals surface area (Å²) in [4.78, 5) is 13.0. The van der Waals surface area contributed by atoms with Gasteiger partial charge in [0.05, 0.1) is 5.69 Å². The van der Waals surface area contributed by atoms with E-state index in [4.69, 9.17) is 5.73 Å². The van der Waals surface area contributed by atoms with Crippen molar-refractivity contribution in [3.05, 3.63) is 30.1 Å². The molecule has 0 aromatic heterocycles. The van der Waals surface area contributed by atoms with Crippen LogP contribution in [0.3, 0.4) is 0 Å². The average molecular weight is 225 g/mol. The Labute approximate surface area is 94.2 Å². The molecule has 0 aliphatic heterocycles. The zero-order valence-corrected chi connectivity index (χ0v) is 9.40. The summed E-state index contributed by atoms with van der Waals surface area (Å²) in [7, 11) is 1.61. The van der Waals surface area contributed by atoms with Gasteiger partial charge in [0, 0.05) is 19.6 Å². The number of hydrogen-bond acceptors (Lipinski definition) is 2. The maximum absolute atomic E-state index is 13.2. The summed E-state index contributed by atoms with van der Waals surface area (Å²) < 4.78 is 13.2. The molecular weight excluding hydrogens is 209 g/mol. The Balaban J connectivity index is 2.61. The van der Waals surface area contributed by atoms with Crippen molar-refractivity contribution in [1.82, 2.24) is 4.90 Å². The first-order valence-electron chi connectivity index (χ1n) is 5.03. The second-order valence-electron chi connectivity index (χ2n) is 3.77. The fourth-order valence-corrected chi connectivity index (χ4v) is 1.29. The fraction of sp³-hybridized carbons (Fsp3) is 0.364. The molecule has 0 heterocycles. The first-order chi connectivity index (χ1) is 7.50. The summed E-state index contributed by atoms with van der Waals surface area (Å²) in [6.07, 6.45) is 0.